The first-order valence-electron chi connectivity index (χ1n) is 10.3. The van der Waals surface area contributed by atoms with E-state index < -0.39 is 0 Å². The molecule has 0 unspecified atom stereocenters. The van der Waals surface area contributed by atoms with E-state index in [2.05, 4.69) is 52.9 Å². The highest BCUT2D eigenvalue weighted by Gasteiger charge is 2.22. The van der Waals surface area contributed by atoms with E-state index in [0.717, 1.165) is 64.2 Å². The summed E-state index contributed by atoms with van der Waals surface area (Å²) in [7, 11) is 0. The minimum atomic E-state index is 0.289. The number of hydrogen-bond donors (Lipinski definition) is 0. The van der Waals surface area contributed by atoms with E-state index in [1.54, 1.807) is 0 Å². The summed E-state index contributed by atoms with van der Waals surface area (Å²) in [5, 5.41) is 4.74. The van der Waals surface area contributed by atoms with E-state index >= 15 is 0 Å². The van der Waals surface area contributed by atoms with Crippen LogP contribution in [0.4, 0.5) is 0 Å². The smallest absolute Gasteiger partial charge is 0.222 e. The third-order valence-corrected chi connectivity index (χ3v) is 5.88. The number of amides is 1. The molecule has 4 rings (SSSR count). The lowest BCUT2D eigenvalue weighted by Gasteiger charge is -2.30. The van der Waals surface area contributed by atoms with Crippen LogP contribution in [-0.4, -0.2) is 51.7 Å². The van der Waals surface area contributed by atoms with Gasteiger partial charge in [0.2, 0.25) is 5.91 Å². The molecule has 0 N–H and O–H groups in total. The second-order valence-corrected chi connectivity index (χ2v) is 7.98. The Bertz CT molecular complexity index is 764. The Morgan fingerprint density at radius 1 is 1.11 bits per heavy atom. The fourth-order valence-corrected chi connectivity index (χ4v) is 4.29. The van der Waals surface area contributed by atoms with Gasteiger partial charge in [-0.25, -0.2) is 0 Å². The minimum Gasteiger partial charge on any atom is -0.343 e. The maximum atomic E-state index is 12.3. The van der Waals surface area contributed by atoms with Crippen LogP contribution in [0.1, 0.15) is 49.1 Å². The number of fused-ring (bicyclic) bond motifs is 1. The Kier molecular flexibility index (Phi) is 5.58. The molecule has 5 heteroatoms. The second kappa shape index (κ2) is 8.26. The van der Waals surface area contributed by atoms with Gasteiger partial charge in [0.15, 0.2) is 0 Å². The first-order chi connectivity index (χ1) is 13.2. The number of carbonyl (C=O) groups is 1. The number of aromatic nitrogens is 2. The van der Waals surface area contributed by atoms with Crippen LogP contribution in [-0.2, 0) is 24.3 Å². The van der Waals surface area contributed by atoms with Gasteiger partial charge in [-0.2, -0.15) is 5.10 Å². The van der Waals surface area contributed by atoms with Gasteiger partial charge in [-0.1, -0.05) is 37.3 Å². The molecule has 2 aliphatic rings. The van der Waals surface area contributed by atoms with Crippen molar-refractivity contribution in [2.75, 3.05) is 26.2 Å². The first kappa shape index (κ1) is 18.2. The molecule has 1 saturated heterocycles. The molecule has 2 aromatic rings. The lowest BCUT2D eigenvalue weighted by atomic mass is 10.0. The number of carbonyl (C=O) groups excluding carboxylic acids is 1. The molecule has 0 aliphatic carbocycles. The van der Waals surface area contributed by atoms with Crippen LogP contribution in [0.15, 0.2) is 36.4 Å². The van der Waals surface area contributed by atoms with Gasteiger partial charge >= 0.3 is 0 Å². The van der Waals surface area contributed by atoms with Crippen molar-refractivity contribution < 1.29 is 4.79 Å². The van der Waals surface area contributed by atoms with Crippen molar-refractivity contribution in [1.29, 1.82) is 0 Å². The van der Waals surface area contributed by atoms with Crippen molar-refractivity contribution in [2.45, 2.75) is 51.6 Å². The molecule has 0 radical (unpaired) electrons. The molecule has 1 aromatic carbocycles. The Morgan fingerprint density at radius 3 is 2.67 bits per heavy atom. The number of likely N-dealkylation sites (tertiary alicyclic amines) is 1. The van der Waals surface area contributed by atoms with Crippen molar-refractivity contribution in [3.63, 3.8) is 0 Å². The molecule has 1 atom stereocenters. The van der Waals surface area contributed by atoms with Crippen LogP contribution < -0.4 is 0 Å². The van der Waals surface area contributed by atoms with Crippen molar-refractivity contribution in [3.05, 3.63) is 53.3 Å². The van der Waals surface area contributed by atoms with Crippen LogP contribution in [0.5, 0.6) is 0 Å². The standard InChI is InChI=1S/C22H30N4O/c1-18(19-7-3-2-4-8-19)16-24-13-14-26-21(17-24)15-20(23-26)9-10-22(27)25-11-5-6-12-25/h2-4,7-8,15,18H,5-6,9-14,16-17H2,1H3/t18-/m0/s1. The summed E-state index contributed by atoms with van der Waals surface area (Å²) in [5.74, 6) is 0.815. The maximum Gasteiger partial charge on any atom is 0.222 e. The van der Waals surface area contributed by atoms with Crippen LogP contribution in [0.25, 0.3) is 0 Å². The largest absolute Gasteiger partial charge is 0.343 e. The van der Waals surface area contributed by atoms with Gasteiger partial charge in [-0.05, 0) is 30.4 Å². The van der Waals surface area contributed by atoms with Gasteiger partial charge in [0.25, 0.3) is 0 Å². The van der Waals surface area contributed by atoms with E-state index in [9.17, 15) is 4.79 Å². The number of hydrogen-bond acceptors (Lipinski definition) is 3. The van der Waals surface area contributed by atoms with Crippen LogP contribution >= 0.6 is 0 Å². The van der Waals surface area contributed by atoms with Gasteiger partial charge in [-0.15, -0.1) is 0 Å². The predicted molar refractivity (Wildman–Crippen MR) is 106 cm³/mol. The lowest BCUT2D eigenvalue weighted by Crippen LogP contribution is -2.36. The highest BCUT2D eigenvalue weighted by atomic mass is 16.2. The van der Waals surface area contributed by atoms with Gasteiger partial charge in [-0.3, -0.25) is 14.4 Å². The van der Waals surface area contributed by atoms with Crippen molar-refractivity contribution in [2.24, 2.45) is 0 Å². The highest BCUT2D eigenvalue weighted by Crippen LogP contribution is 2.21. The Balaban J connectivity index is 1.31. The van der Waals surface area contributed by atoms with Crippen molar-refractivity contribution in [3.8, 4) is 0 Å². The highest BCUT2D eigenvalue weighted by molar-refractivity contribution is 5.76. The lowest BCUT2D eigenvalue weighted by molar-refractivity contribution is -0.130. The molecular formula is C22H30N4O. The summed E-state index contributed by atoms with van der Waals surface area (Å²) >= 11 is 0. The molecule has 0 spiro atoms. The van der Waals surface area contributed by atoms with E-state index in [0.29, 0.717) is 12.3 Å². The van der Waals surface area contributed by atoms with Crippen LogP contribution in [0.2, 0.25) is 0 Å². The Morgan fingerprint density at radius 2 is 1.89 bits per heavy atom. The van der Waals surface area contributed by atoms with Gasteiger partial charge in [0, 0.05) is 45.6 Å². The average Bonchev–Trinajstić information content (AvgIpc) is 3.36. The second-order valence-electron chi connectivity index (χ2n) is 7.98. The third kappa shape index (κ3) is 4.41. The summed E-state index contributed by atoms with van der Waals surface area (Å²) < 4.78 is 2.14. The van der Waals surface area contributed by atoms with Crippen molar-refractivity contribution >= 4 is 5.91 Å². The summed E-state index contributed by atoms with van der Waals surface area (Å²) in [5.41, 5.74) is 3.75. The molecular weight excluding hydrogens is 336 g/mol. The van der Waals surface area contributed by atoms with Crippen LogP contribution in [0, 0.1) is 0 Å². The monoisotopic (exact) mass is 366 g/mol. The molecule has 1 amide bonds. The molecule has 144 valence electrons. The molecule has 5 nitrogen and oxygen atoms in total. The van der Waals surface area contributed by atoms with E-state index in [4.69, 9.17) is 5.10 Å². The summed E-state index contributed by atoms with van der Waals surface area (Å²) in [6, 6.07) is 12.9. The first-order valence-corrected chi connectivity index (χ1v) is 10.3. The molecule has 1 aromatic heterocycles. The van der Waals surface area contributed by atoms with Gasteiger partial charge in [0.05, 0.1) is 17.9 Å². The maximum absolute atomic E-state index is 12.3. The normalized spacial score (nSPS) is 18.5. The van der Waals surface area contributed by atoms with E-state index in [-0.39, 0.29) is 5.91 Å². The SMILES string of the molecule is C[C@@H](CN1CCn2nc(CCC(=O)N3CCCC3)cc2C1)c1ccccc1. The fraction of sp³-hybridized carbons (Fsp3) is 0.545. The minimum absolute atomic E-state index is 0.289. The molecule has 27 heavy (non-hydrogen) atoms. The van der Waals surface area contributed by atoms with Gasteiger partial charge < -0.3 is 4.90 Å². The molecule has 1 fully saturated rings. The molecule has 3 heterocycles. The van der Waals surface area contributed by atoms with Gasteiger partial charge in [0.1, 0.15) is 0 Å². The average molecular weight is 367 g/mol. The molecule has 2 aliphatic heterocycles. The number of rotatable bonds is 6. The summed E-state index contributed by atoms with van der Waals surface area (Å²) in [6.07, 6.45) is 3.66. The summed E-state index contributed by atoms with van der Waals surface area (Å²) in [6.45, 7) is 8.17. The predicted octanol–water partition coefficient (Wildman–Crippen LogP) is 3.06. The quantitative estimate of drug-likeness (QED) is 0.789. The van der Waals surface area contributed by atoms with E-state index in [1.807, 2.05) is 4.90 Å². The van der Waals surface area contributed by atoms with E-state index in [1.165, 1.54) is 11.3 Å². The Hall–Kier alpha value is -2.14. The molecule has 0 bridgehead atoms. The fourth-order valence-electron chi connectivity index (χ4n) is 4.29. The van der Waals surface area contributed by atoms with Crippen molar-refractivity contribution in [1.82, 2.24) is 19.6 Å². The number of aryl methyl sites for hydroxylation is 1. The zero-order valence-electron chi connectivity index (χ0n) is 16.3. The number of nitrogens with zero attached hydrogens (tertiary/aromatic N) is 4. The zero-order chi connectivity index (χ0) is 18.6. The zero-order valence-corrected chi connectivity index (χ0v) is 16.3. The topological polar surface area (TPSA) is 41.4 Å². The molecule has 0 saturated carbocycles. The Labute approximate surface area is 162 Å². The summed E-state index contributed by atoms with van der Waals surface area (Å²) in [4.78, 5) is 16.8. The third-order valence-electron chi connectivity index (χ3n) is 5.88. The van der Waals surface area contributed by atoms with Crippen LogP contribution in [0.3, 0.4) is 0 Å². The number of benzene rings is 1.